The zero-order chi connectivity index (χ0) is 19.5. The van der Waals surface area contributed by atoms with Crippen molar-refractivity contribution >= 4 is 5.97 Å². The number of aryl methyl sites for hydroxylation is 1. The van der Waals surface area contributed by atoms with Crippen LogP contribution in [0.3, 0.4) is 0 Å². The van der Waals surface area contributed by atoms with E-state index >= 15 is 0 Å². The molecule has 0 aliphatic heterocycles. The van der Waals surface area contributed by atoms with E-state index in [0.717, 1.165) is 44.9 Å². The molecule has 0 unspecified atom stereocenters. The summed E-state index contributed by atoms with van der Waals surface area (Å²) < 4.78 is 5.73. The summed E-state index contributed by atoms with van der Waals surface area (Å²) in [4.78, 5) is 12.4. The molecule has 0 saturated heterocycles. The highest BCUT2D eigenvalue weighted by molar-refractivity contribution is 5.89. The lowest BCUT2D eigenvalue weighted by molar-refractivity contribution is 0.0105. The molecule has 1 fully saturated rings. The third-order valence-corrected chi connectivity index (χ3v) is 5.92. The van der Waals surface area contributed by atoms with Gasteiger partial charge in [-0.3, -0.25) is 0 Å². The van der Waals surface area contributed by atoms with Gasteiger partial charge in [-0.1, -0.05) is 58.1 Å². The first kappa shape index (κ1) is 21.5. The molecule has 148 valence electrons. The first-order valence-electron chi connectivity index (χ1n) is 10.8. The average molecular weight is 370 g/mol. The topological polar surface area (TPSA) is 50.1 Å². The minimum atomic E-state index is -0.226. The van der Waals surface area contributed by atoms with E-state index in [9.17, 15) is 10.1 Å². The van der Waals surface area contributed by atoms with Crippen molar-refractivity contribution in [3.05, 3.63) is 35.4 Å². The van der Waals surface area contributed by atoms with Gasteiger partial charge in [0, 0.05) is 0 Å². The number of carbonyl (C=O) groups is 1. The van der Waals surface area contributed by atoms with Crippen molar-refractivity contribution in [1.82, 2.24) is 0 Å². The van der Waals surface area contributed by atoms with Gasteiger partial charge >= 0.3 is 5.97 Å². The number of ether oxygens (including phenoxy) is 1. The van der Waals surface area contributed by atoms with Gasteiger partial charge in [0.15, 0.2) is 0 Å². The Morgan fingerprint density at radius 1 is 1.07 bits per heavy atom. The maximum atomic E-state index is 12.4. The monoisotopic (exact) mass is 369 g/mol. The number of benzene rings is 1. The number of rotatable bonds is 10. The van der Waals surface area contributed by atoms with Gasteiger partial charge in [-0.25, -0.2) is 4.79 Å². The normalized spacial score (nSPS) is 22.2. The highest BCUT2D eigenvalue weighted by Crippen LogP contribution is 2.41. The van der Waals surface area contributed by atoms with Crippen LogP contribution in [-0.2, 0) is 11.2 Å². The van der Waals surface area contributed by atoms with Crippen LogP contribution in [0.1, 0.15) is 100 Å². The van der Waals surface area contributed by atoms with Gasteiger partial charge in [-0.15, -0.1) is 0 Å². The molecule has 1 aliphatic carbocycles. The van der Waals surface area contributed by atoms with Crippen LogP contribution in [0.15, 0.2) is 24.3 Å². The standard InChI is InChI=1S/C24H35NO2/c1-3-5-7-9-20-10-12-21(13-11-20)23(26)27-22-14-17-24(19-25,18-15-22)16-8-6-4-2/h10-13,22H,3-9,14-18H2,1-2H3/t22-,24+. The Hall–Kier alpha value is -1.82. The Kier molecular flexibility index (Phi) is 8.85. The first-order chi connectivity index (χ1) is 13.1. The van der Waals surface area contributed by atoms with Crippen LogP contribution in [0, 0.1) is 16.7 Å². The summed E-state index contributed by atoms with van der Waals surface area (Å²) in [6, 6.07) is 10.4. The summed E-state index contributed by atoms with van der Waals surface area (Å²) in [6.45, 7) is 4.39. The summed E-state index contributed by atoms with van der Waals surface area (Å²) >= 11 is 0. The molecule has 0 atom stereocenters. The third kappa shape index (κ3) is 6.69. The molecule has 3 heteroatoms. The SMILES string of the molecule is CCCCCc1ccc(C(=O)O[C@H]2CC[C@](C#N)(CCCCC)CC2)cc1. The van der Waals surface area contributed by atoms with Crippen molar-refractivity contribution < 1.29 is 9.53 Å². The molecule has 1 saturated carbocycles. The Morgan fingerprint density at radius 2 is 1.70 bits per heavy atom. The van der Waals surface area contributed by atoms with Crippen LogP contribution in [0.5, 0.6) is 0 Å². The van der Waals surface area contributed by atoms with E-state index in [2.05, 4.69) is 19.9 Å². The molecule has 0 heterocycles. The van der Waals surface area contributed by atoms with Gasteiger partial charge in [0.25, 0.3) is 0 Å². The number of nitrogens with zero attached hydrogens (tertiary/aromatic N) is 1. The molecule has 0 amide bonds. The number of carbonyl (C=O) groups excluding carboxylic acids is 1. The number of esters is 1. The fraction of sp³-hybridized carbons (Fsp3) is 0.667. The van der Waals surface area contributed by atoms with Crippen LogP contribution in [-0.4, -0.2) is 12.1 Å². The molecule has 0 radical (unpaired) electrons. The molecule has 27 heavy (non-hydrogen) atoms. The summed E-state index contributed by atoms with van der Waals surface area (Å²) in [5.74, 6) is -0.226. The third-order valence-electron chi connectivity index (χ3n) is 5.92. The van der Waals surface area contributed by atoms with Crippen molar-refractivity contribution in [3.63, 3.8) is 0 Å². The van der Waals surface area contributed by atoms with Crippen molar-refractivity contribution in [2.75, 3.05) is 0 Å². The number of unbranched alkanes of at least 4 members (excludes halogenated alkanes) is 4. The summed E-state index contributed by atoms with van der Waals surface area (Å²) in [5, 5.41) is 9.63. The molecule has 1 aromatic carbocycles. The van der Waals surface area contributed by atoms with Crippen molar-refractivity contribution in [2.24, 2.45) is 5.41 Å². The number of nitriles is 1. The van der Waals surface area contributed by atoms with Crippen LogP contribution < -0.4 is 0 Å². The van der Waals surface area contributed by atoms with Crippen molar-refractivity contribution in [3.8, 4) is 6.07 Å². The predicted molar refractivity (Wildman–Crippen MR) is 110 cm³/mol. The van der Waals surface area contributed by atoms with Gasteiger partial charge in [0.05, 0.1) is 17.0 Å². The molecule has 0 aromatic heterocycles. The molecule has 0 N–H and O–H groups in total. The van der Waals surface area contributed by atoms with Crippen LogP contribution >= 0.6 is 0 Å². The van der Waals surface area contributed by atoms with Crippen LogP contribution in [0.4, 0.5) is 0 Å². The predicted octanol–water partition coefficient (Wildman–Crippen LogP) is 6.61. The van der Waals surface area contributed by atoms with E-state index in [1.807, 2.05) is 24.3 Å². The van der Waals surface area contributed by atoms with Gasteiger partial charge < -0.3 is 4.74 Å². The van der Waals surface area contributed by atoms with Gasteiger partial charge in [0.1, 0.15) is 6.10 Å². The Morgan fingerprint density at radius 3 is 2.30 bits per heavy atom. The highest BCUT2D eigenvalue weighted by Gasteiger charge is 2.36. The van der Waals surface area contributed by atoms with Crippen LogP contribution in [0.25, 0.3) is 0 Å². The van der Waals surface area contributed by atoms with E-state index in [1.54, 1.807) is 0 Å². The highest BCUT2D eigenvalue weighted by atomic mass is 16.5. The minimum Gasteiger partial charge on any atom is -0.459 e. The fourth-order valence-electron chi connectivity index (χ4n) is 4.00. The maximum absolute atomic E-state index is 12.4. The lowest BCUT2D eigenvalue weighted by Gasteiger charge is -2.34. The Bertz CT molecular complexity index is 606. The largest absolute Gasteiger partial charge is 0.459 e. The lowest BCUT2D eigenvalue weighted by Crippen LogP contribution is -2.31. The number of hydrogen-bond donors (Lipinski definition) is 0. The smallest absolute Gasteiger partial charge is 0.338 e. The zero-order valence-electron chi connectivity index (χ0n) is 17.1. The van der Waals surface area contributed by atoms with E-state index in [4.69, 9.17) is 4.74 Å². The Balaban J connectivity index is 1.80. The fourth-order valence-corrected chi connectivity index (χ4v) is 4.00. The quantitative estimate of drug-likeness (QED) is 0.344. The Labute approximate surface area is 165 Å². The minimum absolute atomic E-state index is 0.0469. The summed E-state index contributed by atoms with van der Waals surface area (Å²) in [5.41, 5.74) is 1.72. The second kappa shape index (κ2) is 11.1. The molecular weight excluding hydrogens is 334 g/mol. The van der Waals surface area contributed by atoms with Crippen LogP contribution in [0.2, 0.25) is 0 Å². The summed E-state index contributed by atoms with van der Waals surface area (Å²) in [7, 11) is 0. The molecule has 1 aromatic rings. The molecule has 0 spiro atoms. The van der Waals surface area contributed by atoms with E-state index in [0.29, 0.717) is 5.56 Å². The molecular formula is C24H35NO2. The zero-order valence-corrected chi connectivity index (χ0v) is 17.1. The van der Waals surface area contributed by atoms with Crippen molar-refractivity contribution in [2.45, 2.75) is 97.0 Å². The van der Waals surface area contributed by atoms with E-state index in [-0.39, 0.29) is 17.5 Å². The lowest BCUT2D eigenvalue weighted by atomic mass is 9.71. The molecule has 3 nitrogen and oxygen atoms in total. The van der Waals surface area contributed by atoms with Gasteiger partial charge in [0.2, 0.25) is 0 Å². The van der Waals surface area contributed by atoms with Gasteiger partial charge in [-0.05, 0) is 62.6 Å². The first-order valence-corrected chi connectivity index (χ1v) is 10.8. The molecule has 0 bridgehead atoms. The van der Waals surface area contributed by atoms with Gasteiger partial charge in [-0.2, -0.15) is 5.26 Å². The van der Waals surface area contributed by atoms with Crippen molar-refractivity contribution in [1.29, 1.82) is 5.26 Å². The second-order valence-electron chi connectivity index (χ2n) is 8.11. The number of hydrogen-bond acceptors (Lipinski definition) is 3. The second-order valence-corrected chi connectivity index (χ2v) is 8.11. The molecule has 2 rings (SSSR count). The van der Waals surface area contributed by atoms with E-state index in [1.165, 1.54) is 37.7 Å². The summed E-state index contributed by atoms with van der Waals surface area (Å²) in [6.07, 6.45) is 12.5. The van der Waals surface area contributed by atoms with E-state index < -0.39 is 0 Å². The molecule has 1 aliphatic rings. The maximum Gasteiger partial charge on any atom is 0.338 e. The average Bonchev–Trinajstić information content (AvgIpc) is 2.70.